The normalized spacial score (nSPS) is 10.3. The van der Waals surface area contributed by atoms with Gasteiger partial charge in [0.25, 0.3) is 0 Å². The topological polar surface area (TPSA) is 41.5 Å². The number of hydrogen-bond donors (Lipinski definition) is 2. The van der Waals surface area contributed by atoms with E-state index in [0.717, 1.165) is 21.8 Å². The smallest absolute Gasteiger partial charge is 0.162 e. The fourth-order valence-electron chi connectivity index (χ4n) is 1.88. The lowest BCUT2D eigenvalue weighted by atomic mass is 10.1. The molecule has 0 aliphatic heterocycles. The molecule has 0 atom stereocenters. The van der Waals surface area contributed by atoms with Gasteiger partial charge in [-0.15, -0.1) is 0 Å². The second-order valence-electron chi connectivity index (χ2n) is 4.51. The first kappa shape index (κ1) is 14.5. The van der Waals surface area contributed by atoms with Crippen molar-refractivity contribution in [1.82, 2.24) is 0 Å². The highest BCUT2D eigenvalue weighted by molar-refractivity contribution is 6.31. The highest BCUT2D eigenvalue weighted by Crippen LogP contribution is 2.30. The maximum absolute atomic E-state index is 10.1. The molecule has 0 aromatic heterocycles. The van der Waals surface area contributed by atoms with Gasteiger partial charge in [-0.1, -0.05) is 29.8 Å². The minimum Gasteiger partial charge on any atom is -0.504 e. The number of aryl methyl sites for hydroxylation is 1. The average molecular weight is 292 g/mol. The standard InChI is InChI=1S/C16H18ClNO2/c1-3-20-15-6-4-5-12(16(15)19)10-18-13-8-7-11(2)14(17)9-13/h4-9,18-19H,3,10H2,1-2H3. The van der Waals surface area contributed by atoms with Gasteiger partial charge in [0, 0.05) is 22.8 Å². The predicted octanol–water partition coefficient (Wildman–Crippen LogP) is 4.36. The van der Waals surface area contributed by atoms with Crippen LogP contribution < -0.4 is 10.1 Å². The van der Waals surface area contributed by atoms with E-state index < -0.39 is 0 Å². The highest BCUT2D eigenvalue weighted by Gasteiger charge is 2.07. The second kappa shape index (κ2) is 6.53. The quantitative estimate of drug-likeness (QED) is 0.860. The molecule has 0 spiro atoms. The lowest BCUT2D eigenvalue weighted by Gasteiger charge is -2.12. The van der Waals surface area contributed by atoms with E-state index in [1.165, 1.54) is 0 Å². The van der Waals surface area contributed by atoms with Crippen LogP contribution in [0.2, 0.25) is 5.02 Å². The molecule has 0 saturated heterocycles. The Hall–Kier alpha value is -1.87. The minimum absolute atomic E-state index is 0.181. The van der Waals surface area contributed by atoms with Gasteiger partial charge in [-0.2, -0.15) is 0 Å². The van der Waals surface area contributed by atoms with Gasteiger partial charge in [0.05, 0.1) is 6.61 Å². The number of anilines is 1. The summed E-state index contributed by atoms with van der Waals surface area (Å²) in [7, 11) is 0. The summed E-state index contributed by atoms with van der Waals surface area (Å²) >= 11 is 6.08. The Labute approximate surface area is 124 Å². The highest BCUT2D eigenvalue weighted by atomic mass is 35.5. The van der Waals surface area contributed by atoms with Gasteiger partial charge in [-0.25, -0.2) is 0 Å². The van der Waals surface area contributed by atoms with E-state index in [0.29, 0.717) is 18.9 Å². The molecule has 2 aromatic carbocycles. The van der Waals surface area contributed by atoms with Gasteiger partial charge in [0.2, 0.25) is 0 Å². The lowest BCUT2D eigenvalue weighted by molar-refractivity contribution is 0.317. The summed E-state index contributed by atoms with van der Waals surface area (Å²) in [5.41, 5.74) is 2.74. The van der Waals surface area contributed by atoms with E-state index in [-0.39, 0.29) is 5.75 Å². The molecule has 0 aliphatic rings. The zero-order chi connectivity index (χ0) is 14.5. The summed E-state index contributed by atoms with van der Waals surface area (Å²) in [6.45, 7) is 4.88. The van der Waals surface area contributed by atoms with Crippen LogP contribution >= 0.6 is 11.6 Å². The Morgan fingerprint density at radius 3 is 2.75 bits per heavy atom. The van der Waals surface area contributed by atoms with Crippen molar-refractivity contribution < 1.29 is 9.84 Å². The minimum atomic E-state index is 0.181. The van der Waals surface area contributed by atoms with Crippen molar-refractivity contribution in [3.63, 3.8) is 0 Å². The summed E-state index contributed by atoms with van der Waals surface area (Å²) in [6, 6.07) is 11.3. The number of ether oxygens (including phenoxy) is 1. The lowest BCUT2D eigenvalue weighted by Crippen LogP contribution is -2.01. The molecular formula is C16H18ClNO2. The van der Waals surface area contributed by atoms with Gasteiger partial charge < -0.3 is 15.2 Å². The number of phenols is 1. The molecule has 2 N–H and O–H groups in total. The molecule has 0 radical (unpaired) electrons. The van der Waals surface area contributed by atoms with Crippen molar-refractivity contribution in [2.75, 3.05) is 11.9 Å². The molecule has 0 aliphatic carbocycles. The van der Waals surface area contributed by atoms with Crippen molar-refractivity contribution in [2.45, 2.75) is 20.4 Å². The van der Waals surface area contributed by atoms with Crippen LogP contribution in [0, 0.1) is 6.92 Å². The Kier molecular flexibility index (Phi) is 4.74. The van der Waals surface area contributed by atoms with E-state index in [2.05, 4.69) is 5.32 Å². The number of halogens is 1. The van der Waals surface area contributed by atoms with E-state index in [1.807, 2.05) is 44.2 Å². The van der Waals surface area contributed by atoms with Crippen molar-refractivity contribution in [2.24, 2.45) is 0 Å². The van der Waals surface area contributed by atoms with Crippen molar-refractivity contribution in [1.29, 1.82) is 0 Å². The van der Waals surface area contributed by atoms with Crippen molar-refractivity contribution in [3.05, 3.63) is 52.5 Å². The predicted molar refractivity (Wildman–Crippen MR) is 82.8 cm³/mol. The first-order valence-corrected chi connectivity index (χ1v) is 6.93. The summed E-state index contributed by atoms with van der Waals surface area (Å²) in [6.07, 6.45) is 0. The van der Waals surface area contributed by atoms with Crippen LogP contribution in [0.5, 0.6) is 11.5 Å². The molecule has 3 nitrogen and oxygen atoms in total. The number of nitrogens with one attached hydrogen (secondary N) is 1. The summed E-state index contributed by atoms with van der Waals surface area (Å²) in [4.78, 5) is 0. The molecule has 0 unspecified atom stereocenters. The van der Waals surface area contributed by atoms with Crippen LogP contribution in [0.4, 0.5) is 5.69 Å². The van der Waals surface area contributed by atoms with Crippen LogP contribution in [0.1, 0.15) is 18.1 Å². The monoisotopic (exact) mass is 291 g/mol. The van der Waals surface area contributed by atoms with E-state index in [4.69, 9.17) is 16.3 Å². The molecule has 106 valence electrons. The number of benzene rings is 2. The summed E-state index contributed by atoms with van der Waals surface area (Å²) in [5, 5.41) is 14.1. The maximum Gasteiger partial charge on any atom is 0.162 e. The van der Waals surface area contributed by atoms with Crippen LogP contribution in [0.3, 0.4) is 0 Å². The second-order valence-corrected chi connectivity index (χ2v) is 4.92. The molecule has 0 amide bonds. The number of para-hydroxylation sites is 1. The first-order valence-electron chi connectivity index (χ1n) is 6.55. The molecule has 0 fully saturated rings. The number of aromatic hydroxyl groups is 1. The van der Waals surface area contributed by atoms with Crippen molar-refractivity contribution in [3.8, 4) is 11.5 Å². The van der Waals surface area contributed by atoms with Gasteiger partial charge in [0.1, 0.15) is 0 Å². The molecule has 0 heterocycles. The van der Waals surface area contributed by atoms with E-state index in [1.54, 1.807) is 6.07 Å². The first-order chi connectivity index (χ1) is 9.61. The maximum atomic E-state index is 10.1. The van der Waals surface area contributed by atoms with Gasteiger partial charge >= 0.3 is 0 Å². The molecule has 0 bridgehead atoms. The van der Waals surface area contributed by atoms with Gasteiger partial charge in [-0.05, 0) is 37.6 Å². The van der Waals surface area contributed by atoms with Crippen molar-refractivity contribution >= 4 is 17.3 Å². The number of rotatable bonds is 5. The Morgan fingerprint density at radius 2 is 2.05 bits per heavy atom. The zero-order valence-electron chi connectivity index (χ0n) is 11.6. The summed E-state index contributed by atoms with van der Waals surface area (Å²) in [5.74, 6) is 0.689. The van der Waals surface area contributed by atoms with Gasteiger partial charge in [0.15, 0.2) is 11.5 Å². The largest absolute Gasteiger partial charge is 0.504 e. The molecule has 2 rings (SSSR count). The summed E-state index contributed by atoms with van der Waals surface area (Å²) < 4.78 is 5.37. The molecular weight excluding hydrogens is 274 g/mol. The fraction of sp³-hybridized carbons (Fsp3) is 0.250. The number of hydrogen-bond acceptors (Lipinski definition) is 3. The molecule has 4 heteroatoms. The molecule has 20 heavy (non-hydrogen) atoms. The molecule has 0 saturated carbocycles. The third kappa shape index (κ3) is 3.36. The van der Waals surface area contributed by atoms with Gasteiger partial charge in [-0.3, -0.25) is 0 Å². The Balaban J connectivity index is 2.10. The van der Waals surface area contributed by atoms with Crippen LogP contribution in [-0.4, -0.2) is 11.7 Å². The van der Waals surface area contributed by atoms with Crippen LogP contribution in [0.15, 0.2) is 36.4 Å². The van der Waals surface area contributed by atoms with E-state index >= 15 is 0 Å². The fourth-order valence-corrected chi connectivity index (χ4v) is 2.06. The average Bonchev–Trinajstić information content (AvgIpc) is 2.44. The third-order valence-corrected chi connectivity index (χ3v) is 3.44. The zero-order valence-corrected chi connectivity index (χ0v) is 12.4. The number of phenolic OH excluding ortho intramolecular Hbond substituents is 1. The SMILES string of the molecule is CCOc1cccc(CNc2ccc(C)c(Cl)c2)c1O. The third-order valence-electron chi connectivity index (χ3n) is 3.04. The Bertz CT molecular complexity index is 599. The van der Waals surface area contributed by atoms with E-state index in [9.17, 15) is 5.11 Å². The van der Waals surface area contributed by atoms with Crippen LogP contribution in [-0.2, 0) is 6.54 Å². The Morgan fingerprint density at radius 1 is 1.25 bits per heavy atom. The molecule has 2 aromatic rings. The van der Waals surface area contributed by atoms with Crippen LogP contribution in [0.25, 0.3) is 0 Å².